The summed E-state index contributed by atoms with van der Waals surface area (Å²) in [6.07, 6.45) is 4.16. The number of aliphatic hydroxyl groups excluding tert-OH is 1. The van der Waals surface area contributed by atoms with Gasteiger partial charge in [-0.25, -0.2) is 0 Å². The van der Waals surface area contributed by atoms with Crippen molar-refractivity contribution in [1.29, 1.82) is 0 Å². The first-order chi connectivity index (χ1) is 5.93. The van der Waals surface area contributed by atoms with E-state index in [9.17, 15) is 0 Å². The van der Waals surface area contributed by atoms with Crippen LogP contribution < -0.4 is 0 Å². The van der Waals surface area contributed by atoms with E-state index in [1.54, 1.807) is 12.4 Å². The first kappa shape index (κ1) is 8.87. The van der Waals surface area contributed by atoms with Crippen LogP contribution in [-0.4, -0.2) is 29.5 Å². The van der Waals surface area contributed by atoms with Crippen LogP contribution in [0.4, 0.5) is 0 Å². The van der Waals surface area contributed by atoms with Gasteiger partial charge in [-0.1, -0.05) is 6.07 Å². The molecule has 0 spiro atoms. The van der Waals surface area contributed by atoms with Crippen molar-refractivity contribution in [3.63, 3.8) is 0 Å². The van der Waals surface area contributed by atoms with Gasteiger partial charge in [-0.2, -0.15) is 0 Å². The minimum Gasteiger partial charge on any atom is -0.396 e. The average Bonchev–Trinajstić information content (AvgIpc) is 2.14. The summed E-state index contributed by atoms with van der Waals surface area (Å²) in [7, 11) is 0. The molecule has 0 radical (unpaired) electrons. The molecule has 0 unspecified atom stereocenters. The molecule has 0 saturated carbocycles. The lowest BCUT2D eigenvalue weighted by molar-refractivity contribution is 0.291. The molecular weight excluding hydrogens is 152 g/mol. The molecule has 0 bridgehead atoms. The number of hydrogen-bond acceptors (Lipinski definition) is 3. The molecule has 1 heterocycles. The van der Waals surface area contributed by atoms with Crippen LogP contribution >= 0.6 is 0 Å². The Morgan fingerprint density at radius 3 is 3.08 bits per heavy atom. The van der Waals surface area contributed by atoms with Gasteiger partial charge in [0, 0.05) is 25.6 Å². The summed E-state index contributed by atoms with van der Waals surface area (Å²) >= 11 is 0. The molecule has 0 saturated heterocycles. The van der Waals surface area contributed by atoms with Gasteiger partial charge in [0.15, 0.2) is 0 Å². The normalized spacial score (nSPS) is 10.8. The maximum absolute atomic E-state index is 8.47. The summed E-state index contributed by atoms with van der Waals surface area (Å²) in [4.78, 5) is 8.15. The van der Waals surface area contributed by atoms with E-state index in [0.29, 0.717) is 13.0 Å². The molecule has 64 valence electrons. The smallest absolute Gasteiger partial charge is 0.0807 e. The summed E-state index contributed by atoms with van der Waals surface area (Å²) in [5.74, 6) is 0. The van der Waals surface area contributed by atoms with Crippen LogP contribution in [0.5, 0.6) is 0 Å². The maximum atomic E-state index is 8.47. The fourth-order valence-electron chi connectivity index (χ4n) is 0.772. The Bertz CT molecular complexity index is 234. The number of aliphatic imine (C=N–C) groups is 1. The minimum absolute atomic E-state index is 0.194. The Kier molecular flexibility index (Phi) is 4.02. The lowest BCUT2D eigenvalue weighted by Gasteiger charge is -1.90. The van der Waals surface area contributed by atoms with Gasteiger partial charge in [-0.15, -0.1) is 0 Å². The number of nitrogens with zero attached hydrogens (tertiary/aromatic N) is 2. The molecular formula is C9H12N2O. The zero-order chi connectivity index (χ0) is 8.65. The lowest BCUT2D eigenvalue weighted by atomic mass is 10.4. The van der Waals surface area contributed by atoms with Gasteiger partial charge >= 0.3 is 0 Å². The lowest BCUT2D eigenvalue weighted by Crippen LogP contribution is -1.89. The summed E-state index contributed by atoms with van der Waals surface area (Å²) in [6, 6.07) is 5.67. The zero-order valence-electron chi connectivity index (χ0n) is 6.85. The molecule has 1 aromatic rings. The molecule has 3 heteroatoms. The van der Waals surface area contributed by atoms with E-state index in [-0.39, 0.29) is 6.61 Å². The van der Waals surface area contributed by atoms with Crippen molar-refractivity contribution in [2.75, 3.05) is 13.2 Å². The average molecular weight is 164 g/mol. The predicted octanol–water partition coefficient (Wildman–Crippen LogP) is 0.883. The van der Waals surface area contributed by atoms with E-state index in [1.807, 2.05) is 18.2 Å². The van der Waals surface area contributed by atoms with E-state index >= 15 is 0 Å². The Labute approximate surface area is 71.8 Å². The second-order valence-electron chi connectivity index (χ2n) is 2.37. The van der Waals surface area contributed by atoms with Crippen LogP contribution in [0.25, 0.3) is 0 Å². The molecule has 0 aliphatic carbocycles. The van der Waals surface area contributed by atoms with Crippen LogP contribution in [0.15, 0.2) is 29.4 Å². The SMILES string of the molecule is OCCCN=Cc1ccccn1. The number of aromatic nitrogens is 1. The van der Waals surface area contributed by atoms with Gasteiger partial charge in [0.1, 0.15) is 0 Å². The van der Waals surface area contributed by atoms with E-state index in [4.69, 9.17) is 5.11 Å². The fraction of sp³-hybridized carbons (Fsp3) is 0.333. The third-order valence-electron chi connectivity index (χ3n) is 1.36. The Balaban J connectivity index is 2.36. The summed E-state index contributed by atoms with van der Waals surface area (Å²) in [6.45, 7) is 0.854. The Hall–Kier alpha value is -1.22. The highest BCUT2D eigenvalue weighted by Gasteiger charge is 1.84. The molecule has 1 aromatic heterocycles. The van der Waals surface area contributed by atoms with Crippen molar-refractivity contribution in [3.05, 3.63) is 30.1 Å². The summed E-state index contributed by atoms with van der Waals surface area (Å²) in [5.41, 5.74) is 0.857. The van der Waals surface area contributed by atoms with Gasteiger partial charge in [-0.3, -0.25) is 9.98 Å². The topological polar surface area (TPSA) is 45.5 Å². The predicted molar refractivity (Wildman–Crippen MR) is 48.4 cm³/mol. The quantitative estimate of drug-likeness (QED) is 0.530. The molecule has 1 N–H and O–H groups in total. The second kappa shape index (κ2) is 5.43. The van der Waals surface area contributed by atoms with E-state index in [2.05, 4.69) is 9.98 Å². The van der Waals surface area contributed by atoms with Crippen molar-refractivity contribution < 1.29 is 5.11 Å². The van der Waals surface area contributed by atoms with E-state index in [0.717, 1.165) is 5.69 Å². The molecule has 1 rings (SSSR count). The molecule has 0 fully saturated rings. The molecule has 0 amide bonds. The highest BCUT2D eigenvalue weighted by atomic mass is 16.2. The highest BCUT2D eigenvalue weighted by molar-refractivity contribution is 5.76. The van der Waals surface area contributed by atoms with Crippen molar-refractivity contribution in [1.82, 2.24) is 4.98 Å². The van der Waals surface area contributed by atoms with Gasteiger partial charge in [0.2, 0.25) is 0 Å². The van der Waals surface area contributed by atoms with Gasteiger partial charge in [0.05, 0.1) is 5.69 Å². The monoisotopic (exact) mass is 164 g/mol. The van der Waals surface area contributed by atoms with E-state index < -0.39 is 0 Å². The van der Waals surface area contributed by atoms with E-state index in [1.165, 1.54) is 0 Å². The second-order valence-corrected chi connectivity index (χ2v) is 2.37. The van der Waals surface area contributed by atoms with Crippen molar-refractivity contribution >= 4 is 6.21 Å². The molecule has 0 atom stereocenters. The largest absolute Gasteiger partial charge is 0.396 e. The van der Waals surface area contributed by atoms with Crippen molar-refractivity contribution in [2.24, 2.45) is 4.99 Å². The molecule has 0 aromatic carbocycles. The van der Waals surface area contributed by atoms with Crippen LogP contribution in [-0.2, 0) is 0 Å². The molecule has 0 aliphatic rings. The zero-order valence-corrected chi connectivity index (χ0v) is 6.85. The van der Waals surface area contributed by atoms with Gasteiger partial charge in [0.25, 0.3) is 0 Å². The Morgan fingerprint density at radius 1 is 1.50 bits per heavy atom. The van der Waals surface area contributed by atoms with Gasteiger partial charge < -0.3 is 5.11 Å². The molecule has 3 nitrogen and oxygen atoms in total. The van der Waals surface area contributed by atoms with Crippen molar-refractivity contribution in [3.8, 4) is 0 Å². The first-order valence-electron chi connectivity index (χ1n) is 3.95. The van der Waals surface area contributed by atoms with Gasteiger partial charge in [-0.05, 0) is 18.6 Å². The minimum atomic E-state index is 0.194. The van der Waals surface area contributed by atoms with Crippen LogP contribution in [0, 0.1) is 0 Å². The standard InChI is InChI=1S/C9H12N2O/c12-7-3-5-10-8-9-4-1-2-6-11-9/h1-2,4,6,8,12H,3,5,7H2. The summed E-state index contributed by atoms with van der Waals surface area (Å²) in [5, 5.41) is 8.47. The number of pyridine rings is 1. The molecule has 12 heavy (non-hydrogen) atoms. The van der Waals surface area contributed by atoms with Crippen molar-refractivity contribution in [2.45, 2.75) is 6.42 Å². The Morgan fingerprint density at radius 2 is 2.42 bits per heavy atom. The third kappa shape index (κ3) is 3.25. The van der Waals surface area contributed by atoms with Crippen LogP contribution in [0.3, 0.4) is 0 Å². The van der Waals surface area contributed by atoms with Crippen LogP contribution in [0.2, 0.25) is 0 Å². The highest BCUT2D eigenvalue weighted by Crippen LogP contribution is 1.88. The number of hydrogen-bond donors (Lipinski definition) is 1. The summed E-state index contributed by atoms with van der Waals surface area (Å²) < 4.78 is 0. The third-order valence-corrected chi connectivity index (χ3v) is 1.36. The number of rotatable bonds is 4. The van der Waals surface area contributed by atoms with Crippen LogP contribution in [0.1, 0.15) is 12.1 Å². The fourth-order valence-corrected chi connectivity index (χ4v) is 0.772. The first-order valence-corrected chi connectivity index (χ1v) is 3.95. The molecule has 0 aliphatic heterocycles. The maximum Gasteiger partial charge on any atom is 0.0807 e. The number of aliphatic hydroxyl groups is 1.